The topological polar surface area (TPSA) is 59.1 Å². The van der Waals surface area contributed by atoms with Gasteiger partial charge in [-0.15, -0.1) is 0 Å². The van der Waals surface area contributed by atoms with Gasteiger partial charge in [0.25, 0.3) is 0 Å². The fourth-order valence-corrected chi connectivity index (χ4v) is 2.44. The van der Waals surface area contributed by atoms with E-state index in [1.807, 2.05) is 24.3 Å². The molecule has 0 saturated carbocycles. The lowest BCUT2D eigenvalue weighted by molar-refractivity contribution is -0.137. The first-order valence-electron chi connectivity index (χ1n) is 7.91. The molecule has 0 aliphatic rings. The van der Waals surface area contributed by atoms with Crippen LogP contribution in [0.4, 0.5) is 30.6 Å². The fourth-order valence-electron chi connectivity index (χ4n) is 2.44. The number of nitrogens with zero attached hydrogens (tertiary/aromatic N) is 2. The number of hydrogen-bond donors (Lipinski definition) is 2. The van der Waals surface area contributed by atoms with Crippen molar-refractivity contribution in [3.8, 4) is 0 Å². The summed E-state index contributed by atoms with van der Waals surface area (Å²) in [5.41, 5.74) is 0.205. The van der Waals surface area contributed by atoms with E-state index in [-0.39, 0.29) is 11.6 Å². The number of nitrogens with one attached hydrogen (secondary N) is 2. The van der Waals surface area contributed by atoms with Gasteiger partial charge in [0.2, 0.25) is 5.95 Å². The van der Waals surface area contributed by atoms with Crippen molar-refractivity contribution in [3.05, 3.63) is 54.1 Å². The van der Waals surface area contributed by atoms with E-state index in [0.29, 0.717) is 24.5 Å². The van der Waals surface area contributed by atoms with E-state index in [4.69, 9.17) is 4.74 Å². The summed E-state index contributed by atoms with van der Waals surface area (Å²) < 4.78 is 43.6. The first-order valence-corrected chi connectivity index (χ1v) is 7.91. The van der Waals surface area contributed by atoms with E-state index in [1.165, 1.54) is 12.1 Å². The number of methoxy groups -OCH3 is 1. The Kier molecular flexibility index (Phi) is 5.22. The molecule has 8 heteroatoms. The lowest BCUT2D eigenvalue weighted by atomic mass is 10.2. The minimum Gasteiger partial charge on any atom is -0.383 e. The molecule has 0 spiro atoms. The maximum absolute atomic E-state index is 12.9. The zero-order chi connectivity index (χ0) is 18.6. The normalized spacial score (nSPS) is 11.5. The number of rotatable bonds is 6. The SMILES string of the molecule is COCCNc1nc(Nc2cccc(C(F)(F)F)c2)nc2ccccc12. The van der Waals surface area contributed by atoms with Crippen LogP contribution in [0, 0.1) is 0 Å². The molecule has 136 valence electrons. The first kappa shape index (κ1) is 17.9. The second-order valence-electron chi connectivity index (χ2n) is 5.54. The summed E-state index contributed by atoms with van der Waals surface area (Å²) >= 11 is 0. The summed E-state index contributed by atoms with van der Waals surface area (Å²) in [6.45, 7) is 1.04. The van der Waals surface area contributed by atoms with E-state index < -0.39 is 11.7 Å². The van der Waals surface area contributed by atoms with Crippen molar-refractivity contribution < 1.29 is 17.9 Å². The molecule has 2 N–H and O–H groups in total. The van der Waals surface area contributed by atoms with Crippen molar-refractivity contribution in [1.29, 1.82) is 0 Å². The summed E-state index contributed by atoms with van der Waals surface area (Å²) in [4.78, 5) is 8.77. The summed E-state index contributed by atoms with van der Waals surface area (Å²) in [6.07, 6.45) is -4.41. The monoisotopic (exact) mass is 362 g/mol. The lowest BCUT2D eigenvalue weighted by Crippen LogP contribution is -2.11. The smallest absolute Gasteiger partial charge is 0.383 e. The average Bonchev–Trinajstić information content (AvgIpc) is 2.61. The standard InChI is InChI=1S/C18H17F3N4O/c1-26-10-9-22-16-14-7-2-3-8-15(14)24-17(25-16)23-13-6-4-5-12(11-13)18(19,20)21/h2-8,11H,9-10H2,1H3,(H2,22,23,24,25). The highest BCUT2D eigenvalue weighted by Crippen LogP contribution is 2.31. The molecule has 3 aromatic rings. The molecule has 0 unspecified atom stereocenters. The highest BCUT2D eigenvalue weighted by atomic mass is 19.4. The molecule has 0 fully saturated rings. The zero-order valence-electron chi connectivity index (χ0n) is 14.0. The molecule has 2 aromatic carbocycles. The first-order chi connectivity index (χ1) is 12.5. The Morgan fingerprint density at radius 1 is 1.04 bits per heavy atom. The van der Waals surface area contributed by atoms with Crippen LogP contribution in [-0.4, -0.2) is 30.2 Å². The van der Waals surface area contributed by atoms with Crippen LogP contribution in [0.25, 0.3) is 10.9 Å². The van der Waals surface area contributed by atoms with Gasteiger partial charge in [0.1, 0.15) is 5.82 Å². The Morgan fingerprint density at radius 2 is 1.85 bits per heavy atom. The van der Waals surface area contributed by atoms with Crippen molar-refractivity contribution in [2.24, 2.45) is 0 Å². The molecule has 5 nitrogen and oxygen atoms in total. The zero-order valence-corrected chi connectivity index (χ0v) is 14.0. The molecule has 1 aromatic heterocycles. The van der Waals surface area contributed by atoms with Crippen LogP contribution in [0.3, 0.4) is 0 Å². The van der Waals surface area contributed by atoms with Gasteiger partial charge in [-0.2, -0.15) is 18.2 Å². The van der Waals surface area contributed by atoms with Gasteiger partial charge in [-0.25, -0.2) is 4.98 Å². The molecule has 26 heavy (non-hydrogen) atoms. The Bertz CT molecular complexity index is 899. The Morgan fingerprint density at radius 3 is 2.62 bits per heavy atom. The maximum atomic E-state index is 12.9. The van der Waals surface area contributed by atoms with Crippen molar-refractivity contribution in [3.63, 3.8) is 0 Å². The van der Waals surface area contributed by atoms with Gasteiger partial charge in [-0.1, -0.05) is 18.2 Å². The van der Waals surface area contributed by atoms with E-state index in [0.717, 1.165) is 17.5 Å². The van der Waals surface area contributed by atoms with Crippen LogP contribution < -0.4 is 10.6 Å². The van der Waals surface area contributed by atoms with E-state index >= 15 is 0 Å². The van der Waals surface area contributed by atoms with Crippen LogP contribution in [-0.2, 0) is 10.9 Å². The predicted octanol–water partition coefficient (Wildman–Crippen LogP) is 4.45. The van der Waals surface area contributed by atoms with E-state index in [2.05, 4.69) is 20.6 Å². The summed E-state index contributed by atoms with van der Waals surface area (Å²) in [6, 6.07) is 12.3. The highest BCUT2D eigenvalue weighted by molar-refractivity contribution is 5.90. The number of hydrogen-bond acceptors (Lipinski definition) is 5. The largest absolute Gasteiger partial charge is 0.416 e. The van der Waals surface area contributed by atoms with Crippen molar-refractivity contribution in [1.82, 2.24) is 9.97 Å². The molecule has 0 saturated heterocycles. The molecular weight excluding hydrogens is 345 g/mol. The minimum absolute atomic E-state index is 0.211. The minimum atomic E-state index is -4.41. The number of alkyl halides is 3. The highest BCUT2D eigenvalue weighted by Gasteiger charge is 2.30. The maximum Gasteiger partial charge on any atom is 0.416 e. The van der Waals surface area contributed by atoms with Gasteiger partial charge >= 0.3 is 6.18 Å². The number of para-hydroxylation sites is 1. The van der Waals surface area contributed by atoms with Crippen LogP contribution in [0.2, 0.25) is 0 Å². The third kappa shape index (κ3) is 4.20. The van der Waals surface area contributed by atoms with E-state index in [1.54, 1.807) is 7.11 Å². The second kappa shape index (κ2) is 7.57. The molecule has 0 bridgehead atoms. The third-order valence-corrected chi connectivity index (χ3v) is 3.65. The number of aromatic nitrogens is 2. The quantitative estimate of drug-likeness (QED) is 0.635. The molecule has 0 aliphatic heterocycles. The van der Waals surface area contributed by atoms with Gasteiger partial charge in [-0.05, 0) is 30.3 Å². The van der Waals surface area contributed by atoms with Crippen LogP contribution in [0.1, 0.15) is 5.56 Å². The lowest BCUT2D eigenvalue weighted by Gasteiger charge is -2.13. The molecule has 3 rings (SSSR count). The van der Waals surface area contributed by atoms with Crippen molar-refractivity contribution >= 4 is 28.4 Å². The number of ether oxygens (including phenoxy) is 1. The Balaban J connectivity index is 1.93. The number of anilines is 3. The molecule has 0 amide bonds. The van der Waals surface area contributed by atoms with Gasteiger partial charge in [0, 0.05) is 24.7 Å². The molecule has 1 heterocycles. The van der Waals surface area contributed by atoms with Gasteiger partial charge < -0.3 is 15.4 Å². The second-order valence-corrected chi connectivity index (χ2v) is 5.54. The van der Waals surface area contributed by atoms with Crippen LogP contribution >= 0.6 is 0 Å². The van der Waals surface area contributed by atoms with Gasteiger partial charge in [-0.3, -0.25) is 0 Å². The third-order valence-electron chi connectivity index (χ3n) is 3.65. The van der Waals surface area contributed by atoms with Crippen molar-refractivity contribution in [2.75, 3.05) is 30.9 Å². The molecule has 0 aliphatic carbocycles. The molecular formula is C18H17F3N4O. The fraction of sp³-hybridized carbons (Fsp3) is 0.222. The van der Waals surface area contributed by atoms with E-state index in [9.17, 15) is 13.2 Å². The average molecular weight is 362 g/mol. The number of halogens is 3. The summed E-state index contributed by atoms with van der Waals surface area (Å²) in [5.74, 6) is 0.796. The van der Waals surface area contributed by atoms with Crippen LogP contribution in [0.5, 0.6) is 0 Å². The molecule has 0 atom stereocenters. The van der Waals surface area contributed by atoms with Crippen LogP contribution in [0.15, 0.2) is 48.5 Å². The number of fused-ring (bicyclic) bond motifs is 1. The molecule has 0 radical (unpaired) electrons. The number of benzene rings is 2. The van der Waals surface area contributed by atoms with Gasteiger partial charge in [0.15, 0.2) is 0 Å². The summed E-state index contributed by atoms with van der Waals surface area (Å²) in [5, 5.41) is 6.82. The Hall–Kier alpha value is -2.87. The predicted molar refractivity (Wildman–Crippen MR) is 94.6 cm³/mol. The van der Waals surface area contributed by atoms with Crippen molar-refractivity contribution in [2.45, 2.75) is 6.18 Å². The van der Waals surface area contributed by atoms with Gasteiger partial charge in [0.05, 0.1) is 17.7 Å². The Labute approximate surface area is 148 Å². The summed E-state index contributed by atoms with van der Waals surface area (Å²) in [7, 11) is 1.60.